The second kappa shape index (κ2) is 48.0. The van der Waals surface area contributed by atoms with Crippen LogP contribution in [0.5, 0.6) is 0 Å². The molecule has 0 radical (unpaired) electrons. The van der Waals surface area contributed by atoms with Crippen LogP contribution in [0.1, 0.15) is 232 Å². The predicted molar refractivity (Wildman–Crippen MR) is 284 cm³/mol. The molecule has 3 atom stereocenters. The van der Waals surface area contributed by atoms with Crippen molar-refractivity contribution in [2.75, 3.05) is 40.9 Å². The van der Waals surface area contributed by atoms with Gasteiger partial charge in [0.25, 0.3) is 7.82 Å². The second-order valence-corrected chi connectivity index (χ2v) is 21.0. The SMILES string of the molecule is CCCCCCC/C=C\C/C=C\C/C=C\CCCCCCCCCCCCCCC(=O)NC(COP(=O)([O-])OCC[N+](C)(C)C)C(O)/C=C/CC/C=C/CC/C=C/CCCCCCCCC. The van der Waals surface area contributed by atoms with E-state index in [0.29, 0.717) is 17.4 Å². The molecule has 0 rings (SSSR count). The molecule has 0 spiro atoms. The number of aliphatic hydroxyl groups excluding tert-OH is 1. The minimum Gasteiger partial charge on any atom is -0.756 e. The Morgan fingerprint density at radius 2 is 0.894 bits per heavy atom. The van der Waals surface area contributed by atoms with Gasteiger partial charge in [0, 0.05) is 6.42 Å². The van der Waals surface area contributed by atoms with Gasteiger partial charge in [0.05, 0.1) is 39.9 Å². The Kier molecular flexibility index (Phi) is 46.5. The summed E-state index contributed by atoms with van der Waals surface area (Å²) in [7, 11) is 1.23. The lowest BCUT2D eigenvalue weighted by Gasteiger charge is -2.29. The molecular weight excluding hydrogens is 840 g/mol. The number of quaternary nitrogens is 1. The molecule has 8 nitrogen and oxygen atoms in total. The minimum absolute atomic E-state index is 0.0119. The van der Waals surface area contributed by atoms with Gasteiger partial charge in [-0.05, 0) is 83.5 Å². The number of nitrogens with zero attached hydrogens (tertiary/aromatic N) is 1. The number of allylic oxidation sites excluding steroid dienone is 11. The van der Waals surface area contributed by atoms with E-state index in [9.17, 15) is 19.4 Å². The van der Waals surface area contributed by atoms with Crippen molar-refractivity contribution in [3.8, 4) is 0 Å². The van der Waals surface area contributed by atoms with Gasteiger partial charge < -0.3 is 28.8 Å². The van der Waals surface area contributed by atoms with Crippen LogP contribution in [0, 0.1) is 0 Å². The zero-order chi connectivity index (χ0) is 48.5. The summed E-state index contributed by atoms with van der Waals surface area (Å²) in [6, 6.07) is -0.914. The highest BCUT2D eigenvalue weighted by Gasteiger charge is 2.23. The molecule has 0 aliphatic rings. The summed E-state index contributed by atoms with van der Waals surface area (Å²) in [6.45, 7) is 4.60. The van der Waals surface area contributed by atoms with Crippen LogP contribution in [0.25, 0.3) is 0 Å². The molecule has 9 heteroatoms. The van der Waals surface area contributed by atoms with Crippen molar-refractivity contribution in [1.82, 2.24) is 5.32 Å². The normalized spacial score (nSPS) is 14.6. The quantitative estimate of drug-likeness (QED) is 0.0272. The van der Waals surface area contributed by atoms with E-state index in [1.54, 1.807) is 6.08 Å². The molecule has 0 aromatic carbocycles. The molecule has 0 saturated heterocycles. The van der Waals surface area contributed by atoms with Gasteiger partial charge in [-0.25, -0.2) is 0 Å². The lowest BCUT2D eigenvalue weighted by molar-refractivity contribution is -0.870. The summed E-state index contributed by atoms with van der Waals surface area (Å²) in [6.07, 6.45) is 65.4. The third-order valence-corrected chi connectivity index (χ3v) is 12.8. The van der Waals surface area contributed by atoms with E-state index in [0.717, 1.165) is 57.8 Å². The number of unbranched alkanes of at least 4 members (excludes halogenated alkanes) is 26. The molecule has 3 unspecified atom stereocenters. The van der Waals surface area contributed by atoms with Gasteiger partial charge in [0.2, 0.25) is 5.91 Å². The first-order valence-corrected chi connectivity index (χ1v) is 28.8. The van der Waals surface area contributed by atoms with Crippen LogP contribution in [0.3, 0.4) is 0 Å². The summed E-state index contributed by atoms with van der Waals surface area (Å²) in [4.78, 5) is 25.4. The lowest BCUT2D eigenvalue weighted by Crippen LogP contribution is -2.45. The largest absolute Gasteiger partial charge is 0.756 e. The standard InChI is InChI=1S/C57H105N2O6P/c1-6-8-10-12-14-16-18-20-22-24-25-26-27-28-29-30-31-32-33-35-37-39-41-43-45-47-49-51-57(61)58-55(54-65-66(62,63)64-53-52-59(3,4)5)56(60)50-48-46-44-42-40-38-36-34-23-21-19-17-15-13-11-9-7-2/h18,20,23-25,27-28,34,40,42,48,50,55-56,60H,6-17,19,21-22,26,29-33,35-39,41,43-47,49,51-54H2,1-5H3,(H-,58,61,62,63)/b20-18-,25-24-,28-27-,34-23+,42-40+,50-48+. The Hall–Kier alpha value is -2.06. The van der Waals surface area contributed by atoms with Gasteiger partial charge in [0.1, 0.15) is 13.2 Å². The van der Waals surface area contributed by atoms with E-state index in [2.05, 4.69) is 79.9 Å². The summed E-state index contributed by atoms with van der Waals surface area (Å²) >= 11 is 0. The molecule has 0 aliphatic heterocycles. The first kappa shape index (κ1) is 63.9. The summed E-state index contributed by atoms with van der Waals surface area (Å²) < 4.78 is 23.3. The molecule has 66 heavy (non-hydrogen) atoms. The maximum atomic E-state index is 12.9. The highest BCUT2D eigenvalue weighted by Crippen LogP contribution is 2.38. The number of nitrogens with one attached hydrogen (secondary N) is 1. The fraction of sp³-hybridized carbons (Fsp3) is 0.772. The number of likely N-dealkylation sites (N-methyl/N-ethyl adjacent to an activating group) is 1. The van der Waals surface area contributed by atoms with Crippen molar-refractivity contribution < 1.29 is 32.9 Å². The van der Waals surface area contributed by atoms with Crippen LogP contribution in [0.15, 0.2) is 72.9 Å². The van der Waals surface area contributed by atoms with Crippen LogP contribution in [0.4, 0.5) is 0 Å². The molecule has 1 amide bonds. The average Bonchev–Trinajstić information content (AvgIpc) is 3.28. The van der Waals surface area contributed by atoms with Crippen LogP contribution in [0.2, 0.25) is 0 Å². The Balaban J connectivity index is 4.28. The van der Waals surface area contributed by atoms with Crippen molar-refractivity contribution >= 4 is 13.7 Å². The molecule has 0 saturated carbocycles. The van der Waals surface area contributed by atoms with E-state index in [1.165, 1.54) is 154 Å². The number of carbonyl (C=O) groups is 1. The number of rotatable bonds is 49. The lowest BCUT2D eigenvalue weighted by atomic mass is 10.0. The number of phosphoric ester groups is 1. The number of hydrogen-bond donors (Lipinski definition) is 2. The van der Waals surface area contributed by atoms with Gasteiger partial charge in [-0.15, -0.1) is 0 Å². The van der Waals surface area contributed by atoms with E-state index >= 15 is 0 Å². The number of aliphatic hydroxyl groups is 1. The predicted octanol–water partition coefficient (Wildman–Crippen LogP) is 15.7. The fourth-order valence-electron chi connectivity index (χ4n) is 7.54. The van der Waals surface area contributed by atoms with Crippen molar-refractivity contribution in [3.63, 3.8) is 0 Å². The zero-order valence-corrected chi connectivity index (χ0v) is 44.5. The molecule has 2 N–H and O–H groups in total. The van der Waals surface area contributed by atoms with E-state index in [1.807, 2.05) is 27.2 Å². The average molecular weight is 945 g/mol. The molecule has 0 heterocycles. The zero-order valence-electron chi connectivity index (χ0n) is 43.6. The fourth-order valence-corrected chi connectivity index (χ4v) is 8.27. The number of carbonyl (C=O) groups excluding carboxylic acids is 1. The molecule has 0 aromatic rings. The van der Waals surface area contributed by atoms with E-state index in [4.69, 9.17) is 9.05 Å². The topological polar surface area (TPSA) is 108 Å². The number of hydrogen-bond acceptors (Lipinski definition) is 6. The summed E-state index contributed by atoms with van der Waals surface area (Å²) in [5, 5.41) is 13.8. The monoisotopic (exact) mass is 945 g/mol. The summed E-state index contributed by atoms with van der Waals surface area (Å²) in [5.74, 6) is -0.215. The first-order valence-electron chi connectivity index (χ1n) is 27.3. The van der Waals surface area contributed by atoms with Crippen molar-refractivity contribution in [3.05, 3.63) is 72.9 Å². The maximum Gasteiger partial charge on any atom is 0.268 e. The number of phosphoric acid groups is 1. The first-order chi connectivity index (χ1) is 32.0. The van der Waals surface area contributed by atoms with Crippen LogP contribution >= 0.6 is 7.82 Å². The molecule has 384 valence electrons. The molecule has 0 aliphatic carbocycles. The van der Waals surface area contributed by atoms with Crippen molar-refractivity contribution in [2.24, 2.45) is 0 Å². The van der Waals surface area contributed by atoms with E-state index in [-0.39, 0.29) is 12.5 Å². The maximum absolute atomic E-state index is 12.9. The highest BCUT2D eigenvalue weighted by molar-refractivity contribution is 7.45. The molecular formula is C57H105N2O6P. The van der Waals surface area contributed by atoms with Crippen LogP contribution < -0.4 is 10.2 Å². The molecule has 0 aromatic heterocycles. The Labute approximate surface area is 408 Å². The van der Waals surface area contributed by atoms with Gasteiger partial charge in [-0.3, -0.25) is 9.36 Å². The third-order valence-electron chi connectivity index (χ3n) is 11.9. The van der Waals surface area contributed by atoms with E-state index < -0.39 is 26.6 Å². The second-order valence-electron chi connectivity index (χ2n) is 19.6. The Morgan fingerprint density at radius 1 is 0.530 bits per heavy atom. The molecule has 0 fully saturated rings. The van der Waals surface area contributed by atoms with Gasteiger partial charge in [0.15, 0.2) is 0 Å². The van der Waals surface area contributed by atoms with Gasteiger partial charge >= 0.3 is 0 Å². The van der Waals surface area contributed by atoms with Crippen LogP contribution in [-0.2, 0) is 18.4 Å². The highest BCUT2D eigenvalue weighted by atomic mass is 31.2. The van der Waals surface area contributed by atoms with Crippen molar-refractivity contribution in [2.45, 2.75) is 244 Å². The third kappa shape index (κ3) is 49.8. The van der Waals surface area contributed by atoms with Gasteiger partial charge in [-0.1, -0.05) is 215 Å². The van der Waals surface area contributed by atoms with Crippen LogP contribution in [-0.4, -0.2) is 68.5 Å². The number of amides is 1. The summed E-state index contributed by atoms with van der Waals surface area (Å²) in [5.41, 5.74) is 0. The van der Waals surface area contributed by atoms with Crippen molar-refractivity contribution in [1.29, 1.82) is 0 Å². The minimum atomic E-state index is -4.61. The Morgan fingerprint density at radius 3 is 1.33 bits per heavy atom. The smallest absolute Gasteiger partial charge is 0.268 e. The Bertz CT molecular complexity index is 1300. The molecule has 0 bridgehead atoms. The van der Waals surface area contributed by atoms with Gasteiger partial charge in [-0.2, -0.15) is 0 Å².